The summed E-state index contributed by atoms with van der Waals surface area (Å²) in [6.45, 7) is 12.5. The van der Waals surface area contributed by atoms with Gasteiger partial charge in [0.25, 0.3) is 0 Å². The predicted octanol–water partition coefficient (Wildman–Crippen LogP) is 3.51. The van der Waals surface area contributed by atoms with Gasteiger partial charge >= 0.3 is 0 Å². The SMILES string of the molecule is CC(=NC(C)(C)C)C(Cl)C(C)C. The molecule has 1 nitrogen and oxygen atoms in total. The first kappa shape index (κ1) is 12.0. The van der Waals surface area contributed by atoms with Crippen LogP contribution in [0.15, 0.2) is 4.99 Å². The topological polar surface area (TPSA) is 12.4 Å². The summed E-state index contributed by atoms with van der Waals surface area (Å²) in [4.78, 5) is 4.52. The number of nitrogens with zero attached hydrogens (tertiary/aromatic N) is 1. The van der Waals surface area contributed by atoms with Gasteiger partial charge in [0, 0.05) is 5.71 Å². The maximum Gasteiger partial charge on any atom is 0.0734 e. The number of rotatable bonds is 2. The monoisotopic (exact) mass is 189 g/mol. The molecule has 2 heteroatoms. The largest absolute Gasteiger partial charge is 0.287 e. The Bertz CT molecular complexity index is 165. The van der Waals surface area contributed by atoms with E-state index in [0.717, 1.165) is 5.71 Å². The van der Waals surface area contributed by atoms with Crippen LogP contribution >= 0.6 is 11.6 Å². The number of aliphatic imine (C=N–C) groups is 1. The first-order valence-electron chi connectivity index (χ1n) is 4.44. The first-order chi connectivity index (χ1) is 5.24. The highest BCUT2D eigenvalue weighted by Crippen LogP contribution is 2.15. The van der Waals surface area contributed by atoms with Gasteiger partial charge in [0.1, 0.15) is 0 Å². The molecule has 0 radical (unpaired) electrons. The molecule has 0 rings (SSSR count). The summed E-state index contributed by atoms with van der Waals surface area (Å²) in [5, 5.41) is 0.0734. The molecule has 0 aliphatic rings. The number of alkyl halides is 1. The first-order valence-corrected chi connectivity index (χ1v) is 4.88. The van der Waals surface area contributed by atoms with Gasteiger partial charge in [0.15, 0.2) is 0 Å². The van der Waals surface area contributed by atoms with Crippen molar-refractivity contribution in [2.75, 3.05) is 0 Å². The van der Waals surface area contributed by atoms with Gasteiger partial charge in [-0.1, -0.05) is 13.8 Å². The molecule has 0 saturated heterocycles. The van der Waals surface area contributed by atoms with Crippen LogP contribution in [-0.4, -0.2) is 16.6 Å². The summed E-state index contributed by atoms with van der Waals surface area (Å²) in [6.07, 6.45) is 0. The minimum Gasteiger partial charge on any atom is -0.287 e. The molecule has 0 fully saturated rings. The van der Waals surface area contributed by atoms with Crippen LogP contribution in [-0.2, 0) is 0 Å². The van der Waals surface area contributed by atoms with E-state index in [9.17, 15) is 0 Å². The molecule has 0 bridgehead atoms. The fraction of sp³-hybridized carbons (Fsp3) is 0.900. The molecule has 0 aromatic carbocycles. The Morgan fingerprint density at radius 2 is 1.67 bits per heavy atom. The van der Waals surface area contributed by atoms with Crippen molar-refractivity contribution in [2.45, 2.75) is 52.5 Å². The van der Waals surface area contributed by atoms with Crippen LogP contribution in [0.4, 0.5) is 0 Å². The molecule has 1 unspecified atom stereocenters. The van der Waals surface area contributed by atoms with Crippen LogP contribution in [0.2, 0.25) is 0 Å². The molecule has 72 valence electrons. The van der Waals surface area contributed by atoms with Gasteiger partial charge in [-0.25, -0.2) is 0 Å². The van der Waals surface area contributed by atoms with Gasteiger partial charge < -0.3 is 0 Å². The third kappa shape index (κ3) is 4.76. The molecular weight excluding hydrogens is 170 g/mol. The highest BCUT2D eigenvalue weighted by molar-refractivity contribution is 6.31. The molecule has 0 heterocycles. The zero-order valence-corrected chi connectivity index (χ0v) is 9.74. The summed E-state index contributed by atoms with van der Waals surface area (Å²) in [5.74, 6) is 0.456. The Labute approximate surface area is 81.2 Å². The second-order valence-corrected chi connectivity index (χ2v) is 5.04. The van der Waals surface area contributed by atoms with Crippen molar-refractivity contribution in [2.24, 2.45) is 10.9 Å². The lowest BCUT2D eigenvalue weighted by Gasteiger charge is -2.18. The van der Waals surface area contributed by atoms with E-state index in [1.807, 2.05) is 6.92 Å². The Morgan fingerprint density at radius 1 is 1.25 bits per heavy atom. The van der Waals surface area contributed by atoms with Crippen LogP contribution < -0.4 is 0 Å². The number of hydrogen-bond donors (Lipinski definition) is 0. The van der Waals surface area contributed by atoms with Crippen molar-refractivity contribution >= 4 is 17.3 Å². The highest BCUT2D eigenvalue weighted by Gasteiger charge is 2.15. The molecule has 0 aliphatic heterocycles. The van der Waals surface area contributed by atoms with Gasteiger partial charge in [-0.2, -0.15) is 0 Å². The van der Waals surface area contributed by atoms with Crippen molar-refractivity contribution in [3.8, 4) is 0 Å². The predicted molar refractivity (Wildman–Crippen MR) is 57.3 cm³/mol. The average molecular weight is 190 g/mol. The third-order valence-corrected chi connectivity index (χ3v) is 2.32. The quantitative estimate of drug-likeness (QED) is 0.466. The van der Waals surface area contributed by atoms with Gasteiger partial charge in [0.2, 0.25) is 0 Å². The summed E-state index contributed by atoms with van der Waals surface area (Å²) in [7, 11) is 0. The summed E-state index contributed by atoms with van der Waals surface area (Å²) in [6, 6.07) is 0. The molecule has 12 heavy (non-hydrogen) atoms. The fourth-order valence-electron chi connectivity index (χ4n) is 1.07. The van der Waals surface area contributed by atoms with E-state index in [2.05, 4.69) is 39.6 Å². The van der Waals surface area contributed by atoms with Gasteiger partial charge in [-0.3, -0.25) is 4.99 Å². The van der Waals surface area contributed by atoms with Crippen LogP contribution in [0, 0.1) is 5.92 Å². The fourth-order valence-corrected chi connectivity index (χ4v) is 1.12. The maximum atomic E-state index is 6.14. The zero-order chi connectivity index (χ0) is 9.94. The molecule has 1 atom stereocenters. The van der Waals surface area contributed by atoms with Crippen LogP contribution in [0.5, 0.6) is 0 Å². The van der Waals surface area contributed by atoms with Crippen molar-refractivity contribution in [3.63, 3.8) is 0 Å². The standard InChI is InChI=1S/C10H20ClN/c1-7(2)9(11)8(3)12-10(4,5)6/h7,9H,1-6H3. The molecule has 0 amide bonds. The van der Waals surface area contributed by atoms with Crippen molar-refractivity contribution in [1.82, 2.24) is 0 Å². The van der Waals surface area contributed by atoms with E-state index in [1.54, 1.807) is 0 Å². The highest BCUT2D eigenvalue weighted by atomic mass is 35.5. The molecular formula is C10H20ClN. The molecule has 0 aromatic heterocycles. The van der Waals surface area contributed by atoms with Crippen LogP contribution in [0.1, 0.15) is 41.5 Å². The second-order valence-electron chi connectivity index (χ2n) is 4.57. The summed E-state index contributed by atoms with van der Waals surface area (Å²) >= 11 is 6.14. The van der Waals surface area contributed by atoms with E-state index >= 15 is 0 Å². The average Bonchev–Trinajstić information content (AvgIpc) is 1.82. The summed E-state index contributed by atoms with van der Waals surface area (Å²) in [5.41, 5.74) is 1.03. The Kier molecular flexibility index (Phi) is 4.25. The van der Waals surface area contributed by atoms with Crippen LogP contribution in [0.3, 0.4) is 0 Å². The Balaban J connectivity index is 4.38. The lowest BCUT2D eigenvalue weighted by Crippen LogP contribution is -2.22. The smallest absolute Gasteiger partial charge is 0.0734 e. The molecule has 0 spiro atoms. The van der Waals surface area contributed by atoms with Crippen molar-refractivity contribution in [3.05, 3.63) is 0 Å². The van der Waals surface area contributed by atoms with Crippen molar-refractivity contribution < 1.29 is 0 Å². The molecule has 0 saturated carbocycles. The minimum absolute atomic E-state index is 0.00782. The van der Waals surface area contributed by atoms with Gasteiger partial charge in [0.05, 0.1) is 10.9 Å². The van der Waals surface area contributed by atoms with Crippen LogP contribution in [0.25, 0.3) is 0 Å². The van der Waals surface area contributed by atoms with Gasteiger partial charge in [-0.15, -0.1) is 11.6 Å². The second kappa shape index (κ2) is 4.27. The molecule has 0 aliphatic carbocycles. The van der Waals surface area contributed by atoms with E-state index in [4.69, 9.17) is 11.6 Å². The lowest BCUT2D eigenvalue weighted by atomic mass is 10.0. The summed E-state index contributed by atoms with van der Waals surface area (Å²) < 4.78 is 0. The number of hydrogen-bond acceptors (Lipinski definition) is 1. The van der Waals surface area contributed by atoms with E-state index in [-0.39, 0.29) is 10.9 Å². The Morgan fingerprint density at radius 3 is 1.92 bits per heavy atom. The molecule has 0 N–H and O–H groups in total. The zero-order valence-electron chi connectivity index (χ0n) is 8.98. The van der Waals surface area contributed by atoms with E-state index < -0.39 is 0 Å². The van der Waals surface area contributed by atoms with E-state index in [0.29, 0.717) is 5.92 Å². The Hall–Kier alpha value is -0.0400. The lowest BCUT2D eigenvalue weighted by molar-refractivity contribution is 0.576. The van der Waals surface area contributed by atoms with Crippen molar-refractivity contribution in [1.29, 1.82) is 0 Å². The maximum absolute atomic E-state index is 6.14. The molecule has 0 aromatic rings. The van der Waals surface area contributed by atoms with Gasteiger partial charge in [-0.05, 0) is 33.6 Å². The minimum atomic E-state index is -0.00782. The normalized spacial score (nSPS) is 16.8. The third-order valence-electron chi connectivity index (χ3n) is 1.50. The number of halogens is 1. The van der Waals surface area contributed by atoms with E-state index in [1.165, 1.54) is 0 Å².